The number of nitrogens with zero attached hydrogens (tertiary/aromatic N) is 2. The molecule has 0 aliphatic carbocycles. The molecular formula is C16H23FN2O3S. The lowest BCUT2D eigenvalue weighted by Crippen LogP contribution is -2.50. The van der Waals surface area contributed by atoms with Crippen molar-refractivity contribution in [3.63, 3.8) is 0 Å². The number of hydrogen-bond acceptors (Lipinski definition) is 5. The minimum atomic E-state index is -2.82. The normalized spacial score (nSPS) is 25.6. The van der Waals surface area contributed by atoms with E-state index < -0.39 is 9.84 Å². The van der Waals surface area contributed by atoms with Gasteiger partial charge in [-0.25, -0.2) is 12.8 Å². The lowest BCUT2D eigenvalue weighted by molar-refractivity contribution is 0.1000. The average Bonchev–Trinajstić information content (AvgIpc) is 2.90. The van der Waals surface area contributed by atoms with Crippen molar-refractivity contribution in [2.45, 2.75) is 19.0 Å². The quantitative estimate of drug-likeness (QED) is 0.821. The van der Waals surface area contributed by atoms with Crippen molar-refractivity contribution in [1.82, 2.24) is 9.80 Å². The lowest BCUT2D eigenvalue weighted by atomic mass is 10.1. The summed E-state index contributed by atoms with van der Waals surface area (Å²) < 4.78 is 41.7. The summed E-state index contributed by atoms with van der Waals surface area (Å²) in [6.07, 6.45) is 0.761. The van der Waals surface area contributed by atoms with Crippen molar-refractivity contribution < 1.29 is 17.5 Å². The average molecular weight is 342 g/mol. The minimum Gasteiger partial charge on any atom is -0.494 e. The van der Waals surface area contributed by atoms with Crippen molar-refractivity contribution in [1.29, 1.82) is 0 Å². The van der Waals surface area contributed by atoms with Gasteiger partial charge in [0.15, 0.2) is 21.4 Å². The fraction of sp³-hybridized carbons (Fsp3) is 0.625. The third-order valence-electron chi connectivity index (χ3n) is 4.75. The Kier molecular flexibility index (Phi) is 4.89. The van der Waals surface area contributed by atoms with Crippen LogP contribution in [-0.4, -0.2) is 69.1 Å². The minimum absolute atomic E-state index is 0.188. The van der Waals surface area contributed by atoms with Gasteiger partial charge in [-0.05, 0) is 24.1 Å². The predicted molar refractivity (Wildman–Crippen MR) is 86.9 cm³/mol. The summed E-state index contributed by atoms with van der Waals surface area (Å²) >= 11 is 0. The van der Waals surface area contributed by atoms with Crippen LogP contribution >= 0.6 is 0 Å². The molecule has 2 saturated heterocycles. The van der Waals surface area contributed by atoms with E-state index in [1.165, 1.54) is 13.2 Å². The van der Waals surface area contributed by atoms with E-state index in [4.69, 9.17) is 4.74 Å². The molecule has 0 amide bonds. The second-order valence-electron chi connectivity index (χ2n) is 6.34. The van der Waals surface area contributed by atoms with Gasteiger partial charge in [0.25, 0.3) is 0 Å². The van der Waals surface area contributed by atoms with Gasteiger partial charge in [-0.15, -0.1) is 0 Å². The smallest absolute Gasteiger partial charge is 0.165 e. The number of benzene rings is 1. The molecule has 5 nitrogen and oxygen atoms in total. The highest BCUT2D eigenvalue weighted by Crippen LogP contribution is 2.22. The Bertz CT molecular complexity index is 657. The fourth-order valence-corrected chi connectivity index (χ4v) is 5.17. The molecule has 0 radical (unpaired) electrons. The molecule has 2 aliphatic heterocycles. The Labute approximate surface area is 136 Å². The first kappa shape index (κ1) is 16.7. The van der Waals surface area contributed by atoms with Gasteiger partial charge in [-0.2, -0.15) is 0 Å². The van der Waals surface area contributed by atoms with E-state index in [9.17, 15) is 12.8 Å². The highest BCUT2D eigenvalue weighted by Gasteiger charge is 2.33. The van der Waals surface area contributed by atoms with E-state index in [1.807, 2.05) is 0 Å². The van der Waals surface area contributed by atoms with Gasteiger partial charge in [0.05, 0.1) is 18.6 Å². The fourth-order valence-electron chi connectivity index (χ4n) is 3.41. The maximum atomic E-state index is 13.4. The first-order chi connectivity index (χ1) is 11.0. The number of halogens is 1. The molecule has 0 N–H and O–H groups in total. The maximum Gasteiger partial charge on any atom is 0.165 e. The van der Waals surface area contributed by atoms with Crippen LogP contribution in [0.2, 0.25) is 0 Å². The number of methoxy groups -OCH3 is 1. The topological polar surface area (TPSA) is 49.9 Å². The van der Waals surface area contributed by atoms with Crippen molar-refractivity contribution >= 4 is 9.84 Å². The third-order valence-corrected chi connectivity index (χ3v) is 6.50. The first-order valence-corrected chi connectivity index (χ1v) is 9.78. The lowest BCUT2D eigenvalue weighted by Gasteiger charge is -2.37. The van der Waals surface area contributed by atoms with Gasteiger partial charge in [0.1, 0.15) is 0 Å². The van der Waals surface area contributed by atoms with Crippen LogP contribution in [0.1, 0.15) is 12.0 Å². The molecule has 128 valence electrons. The van der Waals surface area contributed by atoms with Crippen molar-refractivity contribution in [2.75, 3.05) is 44.8 Å². The zero-order valence-corrected chi connectivity index (χ0v) is 14.2. The molecule has 7 heteroatoms. The van der Waals surface area contributed by atoms with E-state index in [1.54, 1.807) is 12.1 Å². The van der Waals surface area contributed by atoms with Crippen LogP contribution in [0.15, 0.2) is 18.2 Å². The summed E-state index contributed by atoms with van der Waals surface area (Å²) in [6.45, 7) is 4.33. The molecule has 1 aromatic carbocycles. The molecule has 1 unspecified atom stereocenters. The number of sulfone groups is 1. The van der Waals surface area contributed by atoms with Gasteiger partial charge >= 0.3 is 0 Å². The number of rotatable bonds is 4. The molecule has 0 aromatic heterocycles. The number of ether oxygens (including phenoxy) is 1. The summed E-state index contributed by atoms with van der Waals surface area (Å²) in [5.41, 5.74) is 1.03. The molecule has 0 saturated carbocycles. The highest BCUT2D eigenvalue weighted by atomic mass is 32.2. The molecule has 2 heterocycles. The van der Waals surface area contributed by atoms with Gasteiger partial charge in [0.2, 0.25) is 0 Å². The second-order valence-corrected chi connectivity index (χ2v) is 8.57. The van der Waals surface area contributed by atoms with Crippen LogP contribution in [0, 0.1) is 5.82 Å². The monoisotopic (exact) mass is 342 g/mol. The maximum absolute atomic E-state index is 13.4. The van der Waals surface area contributed by atoms with Gasteiger partial charge in [-0.3, -0.25) is 9.80 Å². The van der Waals surface area contributed by atoms with Crippen LogP contribution in [0.3, 0.4) is 0 Å². The number of hydrogen-bond donors (Lipinski definition) is 0. The largest absolute Gasteiger partial charge is 0.494 e. The third kappa shape index (κ3) is 4.02. The van der Waals surface area contributed by atoms with Crippen LogP contribution in [0.25, 0.3) is 0 Å². The number of piperazine rings is 1. The molecule has 0 spiro atoms. The summed E-state index contributed by atoms with van der Waals surface area (Å²) in [4.78, 5) is 4.61. The van der Waals surface area contributed by atoms with Crippen molar-refractivity contribution in [3.05, 3.63) is 29.6 Å². The molecular weight excluding hydrogens is 319 g/mol. The van der Waals surface area contributed by atoms with Crippen LogP contribution < -0.4 is 4.74 Å². The Morgan fingerprint density at radius 3 is 2.61 bits per heavy atom. The molecule has 23 heavy (non-hydrogen) atoms. The molecule has 2 fully saturated rings. The van der Waals surface area contributed by atoms with E-state index in [0.717, 1.165) is 44.7 Å². The van der Waals surface area contributed by atoms with Crippen LogP contribution in [0.5, 0.6) is 5.75 Å². The Balaban J connectivity index is 1.53. The Morgan fingerprint density at radius 2 is 2.00 bits per heavy atom. The SMILES string of the molecule is COc1cc(CN2CCN(C3CCS(=O)(=O)C3)CC2)ccc1F. The second kappa shape index (κ2) is 6.75. The Hall–Kier alpha value is -1.18. The summed E-state index contributed by atoms with van der Waals surface area (Å²) in [5.74, 6) is 0.566. The highest BCUT2D eigenvalue weighted by molar-refractivity contribution is 7.91. The van der Waals surface area contributed by atoms with E-state index in [2.05, 4.69) is 9.80 Å². The van der Waals surface area contributed by atoms with Gasteiger partial charge in [0, 0.05) is 38.8 Å². The molecule has 1 atom stereocenters. The summed E-state index contributed by atoms with van der Waals surface area (Å²) in [5, 5.41) is 0. The predicted octanol–water partition coefficient (Wildman–Crippen LogP) is 1.14. The zero-order chi connectivity index (χ0) is 16.4. The molecule has 1 aromatic rings. The Morgan fingerprint density at radius 1 is 1.26 bits per heavy atom. The summed E-state index contributed by atoms with van der Waals surface area (Å²) in [6, 6.07) is 5.15. The van der Waals surface area contributed by atoms with Crippen LogP contribution in [-0.2, 0) is 16.4 Å². The van der Waals surface area contributed by atoms with Gasteiger partial charge in [-0.1, -0.05) is 6.07 Å². The molecule has 3 rings (SSSR count). The molecule has 0 bridgehead atoms. The van der Waals surface area contributed by atoms with Gasteiger partial charge < -0.3 is 4.74 Å². The van der Waals surface area contributed by atoms with Crippen molar-refractivity contribution in [2.24, 2.45) is 0 Å². The van der Waals surface area contributed by atoms with E-state index in [-0.39, 0.29) is 17.6 Å². The van der Waals surface area contributed by atoms with Crippen LogP contribution in [0.4, 0.5) is 4.39 Å². The van der Waals surface area contributed by atoms with Crippen molar-refractivity contribution in [3.8, 4) is 5.75 Å². The molecule has 2 aliphatic rings. The van der Waals surface area contributed by atoms with E-state index in [0.29, 0.717) is 11.5 Å². The summed E-state index contributed by atoms with van der Waals surface area (Å²) in [7, 11) is -1.35. The first-order valence-electron chi connectivity index (χ1n) is 7.96. The standard InChI is InChI=1S/C16H23FN2O3S/c1-22-16-10-13(2-3-15(16)17)11-18-5-7-19(8-6-18)14-4-9-23(20,21)12-14/h2-3,10,14H,4-9,11-12H2,1H3. The van der Waals surface area contributed by atoms with E-state index >= 15 is 0 Å². The zero-order valence-electron chi connectivity index (χ0n) is 13.4.